The van der Waals surface area contributed by atoms with Gasteiger partial charge in [-0.3, -0.25) is 9.59 Å². The molecule has 0 N–H and O–H groups in total. The highest BCUT2D eigenvalue weighted by Crippen LogP contribution is 2.65. The molecule has 0 aromatic carbocycles. The zero-order valence-electron chi connectivity index (χ0n) is 16.9. The van der Waals surface area contributed by atoms with Crippen molar-refractivity contribution in [1.29, 1.82) is 0 Å². The van der Waals surface area contributed by atoms with Crippen LogP contribution in [0.15, 0.2) is 0 Å². The largest absolute Gasteiger partial charge is 0.462 e. The summed E-state index contributed by atoms with van der Waals surface area (Å²) < 4.78 is 5.78. The Morgan fingerprint density at radius 1 is 1.08 bits per heavy atom. The number of esters is 1. The Morgan fingerprint density at radius 2 is 1.88 bits per heavy atom. The number of ketones is 1. The molecule has 4 rings (SSSR count). The Balaban J connectivity index is 1.47. The molecule has 4 aliphatic rings. The Labute approximate surface area is 158 Å². The monoisotopic (exact) mass is 360 g/mol. The molecular formula is C23H36O3. The molecule has 0 radical (unpaired) electrons. The maximum absolute atomic E-state index is 12.5. The van der Waals surface area contributed by atoms with E-state index < -0.39 is 0 Å². The highest BCUT2D eigenvalue weighted by atomic mass is 16.5. The zero-order valence-corrected chi connectivity index (χ0v) is 16.9. The summed E-state index contributed by atoms with van der Waals surface area (Å²) >= 11 is 0. The minimum absolute atomic E-state index is 0.00677. The smallest absolute Gasteiger partial charge is 0.306 e. The number of hydrogen-bond acceptors (Lipinski definition) is 3. The molecule has 3 nitrogen and oxygen atoms in total. The third kappa shape index (κ3) is 2.76. The van der Waals surface area contributed by atoms with E-state index in [1.54, 1.807) is 0 Å². The van der Waals surface area contributed by atoms with Crippen LogP contribution < -0.4 is 0 Å². The van der Waals surface area contributed by atoms with Crippen molar-refractivity contribution >= 4 is 11.8 Å². The van der Waals surface area contributed by atoms with Crippen molar-refractivity contribution in [3.8, 4) is 0 Å². The summed E-state index contributed by atoms with van der Waals surface area (Å²) in [7, 11) is 0. The summed E-state index contributed by atoms with van der Waals surface area (Å²) in [6, 6.07) is 0. The highest BCUT2D eigenvalue weighted by molar-refractivity contribution is 5.87. The first-order valence-electron chi connectivity index (χ1n) is 11.1. The predicted molar refractivity (Wildman–Crippen MR) is 102 cm³/mol. The predicted octanol–water partition coefficient (Wildman–Crippen LogP) is 5.31. The molecule has 4 saturated carbocycles. The van der Waals surface area contributed by atoms with Crippen LogP contribution in [0, 0.1) is 34.5 Å². The van der Waals surface area contributed by atoms with Crippen molar-refractivity contribution < 1.29 is 14.3 Å². The molecule has 0 aliphatic heterocycles. The fourth-order valence-electron chi connectivity index (χ4n) is 7.55. The zero-order chi connectivity index (χ0) is 18.5. The quantitative estimate of drug-likeness (QED) is 0.641. The molecule has 146 valence electrons. The lowest BCUT2D eigenvalue weighted by Gasteiger charge is -2.60. The van der Waals surface area contributed by atoms with Gasteiger partial charge in [-0.05, 0) is 86.9 Å². The van der Waals surface area contributed by atoms with Gasteiger partial charge < -0.3 is 4.74 Å². The molecule has 0 aromatic rings. The van der Waals surface area contributed by atoms with Crippen molar-refractivity contribution in [2.45, 2.75) is 97.5 Å². The standard InChI is InChI=1S/C23H36O3/c1-4-5-21(25)26-16-10-12-22(2)15(14-16)6-7-17-18-8-9-20(24)23(18,3)13-11-19(17)22/h15-19H,4-14H2,1-3H3/t15-,16-,17-,18-,19-,22-,23-/m0/s1. The van der Waals surface area contributed by atoms with E-state index in [1.807, 2.05) is 6.92 Å². The van der Waals surface area contributed by atoms with E-state index in [0.29, 0.717) is 29.5 Å². The van der Waals surface area contributed by atoms with E-state index in [-0.39, 0.29) is 17.5 Å². The van der Waals surface area contributed by atoms with Gasteiger partial charge in [0.25, 0.3) is 0 Å². The van der Waals surface area contributed by atoms with Gasteiger partial charge >= 0.3 is 5.97 Å². The van der Waals surface area contributed by atoms with Crippen LogP contribution in [0.2, 0.25) is 0 Å². The van der Waals surface area contributed by atoms with Gasteiger partial charge in [-0.15, -0.1) is 0 Å². The van der Waals surface area contributed by atoms with Gasteiger partial charge in [0.1, 0.15) is 11.9 Å². The lowest BCUT2D eigenvalue weighted by Crippen LogP contribution is -2.54. The normalized spacial score (nSPS) is 47.7. The molecule has 0 amide bonds. The first kappa shape index (κ1) is 18.5. The Bertz CT molecular complexity index is 584. The lowest BCUT2D eigenvalue weighted by molar-refractivity contribution is -0.162. The van der Waals surface area contributed by atoms with Crippen LogP contribution >= 0.6 is 0 Å². The van der Waals surface area contributed by atoms with Crippen LogP contribution in [0.1, 0.15) is 91.4 Å². The van der Waals surface area contributed by atoms with Gasteiger partial charge in [-0.25, -0.2) is 0 Å². The average Bonchev–Trinajstić information content (AvgIpc) is 2.91. The Morgan fingerprint density at radius 3 is 2.65 bits per heavy atom. The SMILES string of the molecule is CCCC(=O)O[C@H]1CC[C@@]2(C)[C@@H](CC[C@@H]3[C@@H]2CC[C@]2(C)C(=O)CC[C@@H]32)C1. The maximum atomic E-state index is 12.5. The van der Waals surface area contributed by atoms with Crippen molar-refractivity contribution in [3.05, 3.63) is 0 Å². The number of carbonyl (C=O) groups is 2. The van der Waals surface area contributed by atoms with E-state index >= 15 is 0 Å². The minimum Gasteiger partial charge on any atom is -0.462 e. The second-order valence-electron chi connectivity index (χ2n) is 10.2. The number of rotatable bonds is 3. The third-order valence-corrected chi connectivity index (χ3v) is 9.08. The second kappa shape index (κ2) is 6.63. The molecule has 0 heterocycles. The molecule has 3 heteroatoms. The van der Waals surface area contributed by atoms with Gasteiger partial charge in [0.15, 0.2) is 0 Å². The molecule has 0 aromatic heterocycles. The van der Waals surface area contributed by atoms with Crippen LogP contribution in [0.5, 0.6) is 0 Å². The molecule has 0 spiro atoms. The highest BCUT2D eigenvalue weighted by Gasteiger charge is 2.60. The van der Waals surface area contributed by atoms with Gasteiger partial charge in [0.05, 0.1) is 0 Å². The Kier molecular flexibility index (Phi) is 4.72. The number of hydrogen-bond donors (Lipinski definition) is 0. The first-order chi connectivity index (χ1) is 12.4. The summed E-state index contributed by atoms with van der Waals surface area (Å²) in [5.74, 6) is 3.38. The fourth-order valence-corrected chi connectivity index (χ4v) is 7.55. The van der Waals surface area contributed by atoms with Crippen LogP contribution in [0.4, 0.5) is 0 Å². The van der Waals surface area contributed by atoms with Crippen molar-refractivity contribution in [1.82, 2.24) is 0 Å². The van der Waals surface area contributed by atoms with Gasteiger partial charge in [0, 0.05) is 18.3 Å². The molecule has 0 saturated heterocycles. The molecule has 7 atom stereocenters. The first-order valence-corrected chi connectivity index (χ1v) is 11.1. The molecule has 0 unspecified atom stereocenters. The van der Waals surface area contributed by atoms with Crippen LogP contribution in [-0.2, 0) is 14.3 Å². The van der Waals surface area contributed by atoms with Crippen LogP contribution in [-0.4, -0.2) is 17.9 Å². The summed E-state index contributed by atoms with van der Waals surface area (Å²) in [5.41, 5.74) is 0.376. The van der Waals surface area contributed by atoms with Crippen molar-refractivity contribution in [2.24, 2.45) is 34.5 Å². The van der Waals surface area contributed by atoms with E-state index in [9.17, 15) is 9.59 Å². The van der Waals surface area contributed by atoms with Crippen LogP contribution in [0.25, 0.3) is 0 Å². The fraction of sp³-hybridized carbons (Fsp3) is 0.913. The molecule has 4 fully saturated rings. The van der Waals surface area contributed by atoms with Crippen molar-refractivity contribution in [2.75, 3.05) is 0 Å². The number of ether oxygens (including phenoxy) is 1. The summed E-state index contributed by atoms with van der Waals surface area (Å²) in [6.07, 6.45) is 11.7. The Hall–Kier alpha value is -0.860. The topological polar surface area (TPSA) is 43.4 Å². The number of carbonyl (C=O) groups excluding carboxylic acids is 2. The number of Topliss-reactive ketones (excluding diaryl/α,β-unsaturated/α-hetero) is 1. The average molecular weight is 361 g/mol. The summed E-state index contributed by atoms with van der Waals surface area (Å²) in [5, 5.41) is 0. The third-order valence-electron chi connectivity index (χ3n) is 9.08. The minimum atomic E-state index is -0.0166. The molecular weight excluding hydrogens is 324 g/mol. The van der Waals surface area contributed by atoms with Gasteiger partial charge in [-0.2, -0.15) is 0 Å². The number of fused-ring (bicyclic) bond motifs is 5. The molecule has 4 aliphatic carbocycles. The van der Waals surface area contributed by atoms with E-state index in [1.165, 1.54) is 25.7 Å². The van der Waals surface area contributed by atoms with Crippen molar-refractivity contribution in [3.63, 3.8) is 0 Å². The van der Waals surface area contributed by atoms with Gasteiger partial charge in [-0.1, -0.05) is 20.8 Å². The van der Waals surface area contributed by atoms with E-state index in [2.05, 4.69) is 13.8 Å². The summed E-state index contributed by atoms with van der Waals surface area (Å²) in [4.78, 5) is 24.4. The van der Waals surface area contributed by atoms with E-state index in [0.717, 1.165) is 50.4 Å². The molecule has 0 bridgehead atoms. The summed E-state index contributed by atoms with van der Waals surface area (Å²) in [6.45, 7) is 6.82. The van der Waals surface area contributed by atoms with E-state index in [4.69, 9.17) is 4.74 Å². The second-order valence-corrected chi connectivity index (χ2v) is 10.2. The van der Waals surface area contributed by atoms with Gasteiger partial charge in [0.2, 0.25) is 0 Å². The lowest BCUT2D eigenvalue weighted by atomic mass is 9.45. The van der Waals surface area contributed by atoms with Crippen LogP contribution in [0.3, 0.4) is 0 Å². The maximum Gasteiger partial charge on any atom is 0.306 e. The molecule has 26 heavy (non-hydrogen) atoms.